The molecule has 19 heavy (non-hydrogen) atoms. The molecule has 0 aliphatic rings. The summed E-state index contributed by atoms with van der Waals surface area (Å²) in [7, 11) is 1.69. The molecule has 2 rings (SSSR count). The number of benzene rings is 2. The topological polar surface area (TPSA) is 47.3 Å². The minimum Gasteiger partial charge on any atom is -0.496 e. The van der Waals surface area contributed by atoms with Gasteiger partial charge in [-0.1, -0.05) is 6.07 Å². The minimum atomic E-state index is 0.757. The van der Waals surface area contributed by atoms with Gasteiger partial charge in [0.15, 0.2) is 0 Å². The van der Waals surface area contributed by atoms with E-state index in [1.807, 2.05) is 37.3 Å². The molecule has 0 radical (unpaired) electrons. The third kappa shape index (κ3) is 2.65. The molecule has 0 heterocycles. The van der Waals surface area contributed by atoms with E-state index in [0.29, 0.717) is 0 Å². The number of rotatable bonds is 3. The average molecular weight is 256 g/mol. The van der Waals surface area contributed by atoms with E-state index in [4.69, 9.17) is 10.5 Å². The van der Waals surface area contributed by atoms with Crippen molar-refractivity contribution in [3.8, 4) is 5.75 Å². The number of methoxy groups -OCH3 is 1. The van der Waals surface area contributed by atoms with Gasteiger partial charge in [-0.05, 0) is 61.7 Å². The molecule has 0 fully saturated rings. The van der Waals surface area contributed by atoms with Gasteiger partial charge in [0.2, 0.25) is 0 Å². The molecule has 3 heteroatoms. The second-order valence-corrected chi connectivity index (χ2v) is 4.78. The smallest absolute Gasteiger partial charge is 0.122 e. The Bertz CT molecular complexity index is 606. The van der Waals surface area contributed by atoms with Crippen LogP contribution in [0.4, 0.5) is 17.1 Å². The molecule has 0 aromatic heterocycles. The van der Waals surface area contributed by atoms with Crippen molar-refractivity contribution in [3.05, 3.63) is 47.0 Å². The van der Waals surface area contributed by atoms with Crippen molar-refractivity contribution in [2.45, 2.75) is 20.8 Å². The maximum atomic E-state index is 6.03. The quantitative estimate of drug-likeness (QED) is 0.817. The monoisotopic (exact) mass is 256 g/mol. The van der Waals surface area contributed by atoms with Gasteiger partial charge in [0.1, 0.15) is 5.75 Å². The third-order valence-electron chi connectivity index (χ3n) is 3.43. The molecule has 0 spiro atoms. The zero-order valence-electron chi connectivity index (χ0n) is 11.9. The van der Waals surface area contributed by atoms with E-state index in [2.05, 4.69) is 19.2 Å². The second-order valence-electron chi connectivity index (χ2n) is 4.78. The Morgan fingerprint density at radius 1 is 0.947 bits per heavy atom. The van der Waals surface area contributed by atoms with Gasteiger partial charge >= 0.3 is 0 Å². The number of aryl methyl sites for hydroxylation is 1. The van der Waals surface area contributed by atoms with Gasteiger partial charge in [0.25, 0.3) is 0 Å². The Hall–Kier alpha value is -2.16. The van der Waals surface area contributed by atoms with Crippen molar-refractivity contribution in [1.82, 2.24) is 0 Å². The molecule has 0 saturated heterocycles. The Kier molecular flexibility index (Phi) is 3.65. The van der Waals surface area contributed by atoms with Crippen molar-refractivity contribution in [3.63, 3.8) is 0 Å². The van der Waals surface area contributed by atoms with E-state index in [1.54, 1.807) is 7.11 Å². The molecular formula is C16H20N2O. The molecule has 3 N–H and O–H groups in total. The van der Waals surface area contributed by atoms with Crippen LogP contribution in [0, 0.1) is 20.8 Å². The molecule has 0 aliphatic carbocycles. The summed E-state index contributed by atoms with van der Waals surface area (Å²) in [6, 6.07) is 10.00. The maximum absolute atomic E-state index is 6.03. The van der Waals surface area contributed by atoms with Gasteiger partial charge in [-0.2, -0.15) is 0 Å². The highest BCUT2D eigenvalue weighted by Gasteiger charge is 2.08. The van der Waals surface area contributed by atoms with Crippen LogP contribution in [0.3, 0.4) is 0 Å². The van der Waals surface area contributed by atoms with Gasteiger partial charge in [0, 0.05) is 5.69 Å². The van der Waals surface area contributed by atoms with Crippen molar-refractivity contribution in [1.29, 1.82) is 0 Å². The van der Waals surface area contributed by atoms with Crippen molar-refractivity contribution in [2.75, 3.05) is 18.2 Å². The van der Waals surface area contributed by atoms with Gasteiger partial charge in [-0.15, -0.1) is 0 Å². The fourth-order valence-corrected chi connectivity index (χ4v) is 2.09. The highest BCUT2D eigenvalue weighted by Crippen LogP contribution is 2.31. The molecule has 100 valence electrons. The fraction of sp³-hybridized carbons (Fsp3) is 0.250. The highest BCUT2D eigenvalue weighted by atomic mass is 16.5. The summed E-state index contributed by atoms with van der Waals surface area (Å²) >= 11 is 0. The molecule has 3 nitrogen and oxygen atoms in total. The normalized spacial score (nSPS) is 10.3. The van der Waals surface area contributed by atoms with E-state index in [1.165, 1.54) is 5.56 Å². The predicted octanol–water partition coefficient (Wildman–Crippen LogP) is 3.95. The maximum Gasteiger partial charge on any atom is 0.122 e. The van der Waals surface area contributed by atoms with E-state index >= 15 is 0 Å². The molecule has 2 aromatic rings. The first-order valence-corrected chi connectivity index (χ1v) is 6.30. The van der Waals surface area contributed by atoms with E-state index in [9.17, 15) is 0 Å². The molecule has 0 aliphatic heterocycles. The van der Waals surface area contributed by atoms with E-state index in [-0.39, 0.29) is 0 Å². The first-order chi connectivity index (χ1) is 9.02. The molecule has 0 unspecified atom stereocenters. The number of nitrogens with one attached hydrogen (secondary N) is 1. The fourth-order valence-electron chi connectivity index (χ4n) is 2.09. The SMILES string of the molecule is COc1ccc(Nc2ccc(C)cc2N)c(C)c1C. The lowest BCUT2D eigenvalue weighted by Crippen LogP contribution is -2.00. The Balaban J connectivity index is 2.36. The molecular weight excluding hydrogens is 236 g/mol. The highest BCUT2D eigenvalue weighted by molar-refractivity contribution is 5.75. The molecule has 0 bridgehead atoms. The molecule has 0 saturated carbocycles. The summed E-state index contributed by atoms with van der Waals surface area (Å²) in [4.78, 5) is 0. The summed E-state index contributed by atoms with van der Waals surface area (Å²) in [5.41, 5.74) is 12.2. The summed E-state index contributed by atoms with van der Waals surface area (Å²) < 4.78 is 5.32. The number of nitrogen functional groups attached to an aromatic ring is 1. The van der Waals surface area contributed by atoms with Crippen molar-refractivity contribution in [2.24, 2.45) is 0 Å². The van der Waals surface area contributed by atoms with Gasteiger partial charge in [-0.3, -0.25) is 0 Å². The summed E-state index contributed by atoms with van der Waals surface area (Å²) in [5.74, 6) is 0.903. The Morgan fingerprint density at radius 3 is 2.26 bits per heavy atom. The zero-order valence-corrected chi connectivity index (χ0v) is 11.9. The van der Waals surface area contributed by atoms with E-state index in [0.717, 1.165) is 33.9 Å². The molecule has 0 amide bonds. The van der Waals surface area contributed by atoms with Crippen molar-refractivity contribution < 1.29 is 4.74 Å². The second kappa shape index (κ2) is 5.22. The number of hydrogen-bond acceptors (Lipinski definition) is 3. The van der Waals surface area contributed by atoms with Crippen LogP contribution in [-0.4, -0.2) is 7.11 Å². The first kappa shape index (κ1) is 13.3. The first-order valence-electron chi connectivity index (χ1n) is 6.30. The van der Waals surface area contributed by atoms with Crippen molar-refractivity contribution >= 4 is 17.1 Å². The molecule has 0 atom stereocenters. The van der Waals surface area contributed by atoms with Crippen LogP contribution >= 0.6 is 0 Å². The van der Waals surface area contributed by atoms with Crippen LogP contribution < -0.4 is 15.8 Å². The predicted molar refractivity (Wildman–Crippen MR) is 81.3 cm³/mol. The minimum absolute atomic E-state index is 0.757. The van der Waals surface area contributed by atoms with Crippen LogP contribution in [0.2, 0.25) is 0 Å². The largest absolute Gasteiger partial charge is 0.496 e. The van der Waals surface area contributed by atoms with Crippen LogP contribution in [0.5, 0.6) is 5.75 Å². The van der Waals surface area contributed by atoms with Crippen LogP contribution in [0.15, 0.2) is 30.3 Å². The summed E-state index contributed by atoms with van der Waals surface area (Å²) in [6.45, 7) is 6.16. The summed E-state index contributed by atoms with van der Waals surface area (Å²) in [5, 5.41) is 3.38. The summed E-state index contributed by atoms with van der Waals surface area (Å²) in [6.07, 6.45) is 0. The standard InChI is InChI=1S/C16H20N2O/c1-10-5-6-15(13(17)9-10)18-14-7-8-16(19-4)12(3)11(14)2/h5-9,18H,17H2,1-4H3. The zero-order chi connectivity index (χ0) is 14.0. The number of hydrogen-bond donors (Lipinski definition) is 2. The third-order valence-corrected chi connectivity index (χ3v) is 3.43. The van der Waals surface area contributed by atoms with Crippen LogP contribution in [-0.2, 0) is 0 Å². The lowest BCUT2D eigenvalue weighted by molar-refractivity contribution is 0.411. The van der Waals surface area contributed by atoms with Gasteiger partial charge < -0.3 is 15.8 Å². The number of nitrogens with two attached hydrogens (primary N) is 1. The Labute approximate surface area is 114 Å². The molecule has 2 aromatic carbocycles. The lowest BCUT2D eigenvalue weighted by Gasteiger charge is -2.15. The number of ether oxygens (including phenoxy) is 1. The number of anilines is 3. The Morgan fingerprint density at radius 2 is 1.63 bits per heavy atom. The van der Waals surface area contributed by atoms with Gasteiger partial charge in [0.05, 0.1) is 18.5 Å². The van der Waals surface area contributed by atoms with E-state index < -0.39 is 0 Å². The lowest BCUT2D eigenvalue weighted by atomic mass is 10.1. The van der Waals surface area contributed by atoms with Crippen LogP contribution in [0.1, 0.15) is 16.7 Å². The average Bonchev–Trinajstić information content (AvgIpc) is 2.38. The van der Waals surface area contributed by atoms with Gasteiger partial charge in [-0.25, -0.2) is 0 Å². The van der Waals surface area contributed by atoms with Crippen LogP contribution in [0.25, 0.3) is 0 Å².